The minimum absolute atomic E-state index is 0.821. The Kier molecular flexibility index (Phi) is 4.13. The van der Waals surface area contributed by atoms with Crippen LogP contribution in [0.15, 0.2) is 53.6 Å². The van der Waals surface area contributed by atoms with Crippen molar-refractivity contribution in [1.29, 1.82) is 0 Å². The van der Waals surface area contributed by atoms with E-state index in [-0.39, 0.29) is 0 Å². The van der Waals surface area contributed by atoms with Gasteiger partial charge in [0.1, 0.15) is 0 Å². The van der Waals surface area contributed by atoms with Crippen LogP contribution in [0.25, 0.3) is 21.5 Å². The molecule has 0 aromatic heterocycles. The first kappa shape index (κ1) is 15.4. The van der Waals surface area contributed by atoms with Crippen LogP contribution in [-0.2, 0) is 0 Å². The summed E-state index contributed by atoms with van der Waals surface area (Å²) in [6, 6.07) is 16.6. The van der Waals surface area contributed by atoms with Gasteiger partial charge >= 0.3 is 0 Å². The lowest BCUT2D eigenvalue weighted by Crippen LogP contribution is -3.11. The van der Waals surface area contributed by atoms with Crippen LogP contribution >= 0.6 is 11.6 Å². The lowest BCUT2D eigenvalue weighted by molar-refractivity contribution is -0.884. The summed E-state index contributed by atoms with van der Waals surface area (Å²) >= 11 is 6.65. The van der Waals surface area contributed by atoms with Crippen molar-refractivity contribution in [2.75, 3.05) is 33.2 Å². The number of likely N-dealkylation sites (N-methyl/N-ethyl adjacent to an activating group) is 1. The fourth-order valence-electron chi connectivity index (χ4n) is 3.38. The van der Waals surface area contributed by atoms with E-state index in [0.717, 1.165) is 58.3 Å². The molecule has 3 aromatic carbocycles. The third-order valence-corrected chi connectivity index (χ3v) is 5.26. The number of fused-ring (bicyclic) bond motifs is 2. The molecule has 3 aromatic rings. The van der Waals surface area contributed by atoms with Crippen molar-refractivity contribution >= 4 is 39.4 Å². The SMILES string of the molecule is C[NH+]1CCN(N=Cc2c3ccccc3c(Cl)c3ccccc23)CC1. The Labute approximate surface area is 147 Å². The smallest absolute Gasteiger partial charge is 0.0964 e. The highest BCUT2D eigenvalue weighted by Gasteiger charge is 2.15. The Morgan fingerprint density at radius 3 is 1.96 bits per heavy atom. The van der Waals surface area contributed by atoms with Gasteiger partial charge in [-0.15, -0.1) is 0 Å². The summed E-state index contributed by atoms with van der Waals surface area (Å²) in [4.78, 5) is 1.57. The number of rotatable bonds is 2. The molecule has 4 rings (SSSR count). The Bertz CT molecular complexity index is 854. The molecule has 0 unspecified atom stereocenters. The van der Waals surface area contributed by atoms with Crippen LogP contribution in [-0.4, -0.2) is 44.5 Å². The van der Waals surface area contributed by atoms with Crippen LogP contribution in [0.4, 0.5) is 0 Å². The molecule has 4 heteroatoms. The maximum Gasteiger partial charge on any atom is 0.0964 e. The molecule has 0 bridgehead atoms. The number of quaternary nitrogens is 1. The molecule has 3 nitrogen and oxygen atoms in total. The minimum atomic E-state index is 0.821. The van der Waals surface area contributed by atoms with Crippen molar-refractivity contribution in [2.45, 2.75) is 0 Å². The van der Waals surface area contributed by atoms with Crippen molar-refractivity contribution in [3.63, 3.8) is 0 Å². The molecule has 0 saturated carbocycles. The summed E-state index contributed by atoms with van der Waals surface area (Å²) in [5.74, 6) is 0. The van der Waals surface area contributed by atoms with Crippen molar-refractivity contribution in [1.82, 2.24) is 5.01 Å². The minimum Gasteiger partial charge on any atom is -0.334 e. The molecule has 0 aliphatic carbocycles. The van der Waals surface area contributed by atoms with E-state index in [0.29, 0.717) is 0 Å². The van der Waals surface area contributed by atoms with Crippen LogP contribution < -0.4 is 4.90 Å². The molecule has 1 heterocycles. The molecule has 0 spiro atoms. The summed E-state index contributed by atoms with van der Waals surface area (Å²) in [5, 5.41) is 12.2. The standard InChI is InChI=1S/C20H20ClN3/c1-23-10-12-24(13-11-23)22-14-19-15-6-2-4-8-17(15)20(21)18-9-5-3-7-16(18)19/h2-9,14H,10-13H2,1H3/p+1. The predicted octanol–water partition coefficient (Wildman–Crippen LogP) is 2.81. The summed E-state index contributed by atoms with van der Waals surface area (Å²) in [5.41, 5.74) is 1.15. The maximum absolute atomic E-state index is 6.65. The van der Waals surface area contributed by atoms with Crippen LogP contribution in [0.5, 0.6) is 0 Å². The number of benzene rings is 3. The third-order valence-electron chi connectivity index (χ3n) is 4.85. The lowest BCUT2D eigenvalue weighted by Gasteiger charge is -2.27. The topological polar surface area (TPSA) is 20.0 Å². The lowest BCUT2D eigenvalue weighted by atomic mass is 9.97. The first-order chi connectivity index (χ1) is 11.7. The van der Waals surface area contributed by atoms with E-state index in [9.17, 15) is 0 Å². The highest BCUT2D eigenvalue weighted by atomic mass is 35.5. The van der Waals surface area contributed by atoms with Gasteiger partial charge in [-0.25, -0.2) is 0 Å². The highest BCUT2D eigenvalue weighted by Crippen LogP contribution is 2.35. The number of piperazine rings is 1. The Hall–Kier alpha value is -2.10. The largest absolute Gasteiger partial charge is 0.334 e. The molecule has 0 atom stereocenters. The van der Waals surface area contributed by atoms with Crippen LogP contribution in [0.1, 0.15) is 5.56 Å². The van der Waals surface area contributed by atoms with Gasteiger partial charge in [0.2, 0.25) is 0 Å². The normalized spacial score (nSPS) is 16.5. The van der Waals surface area contributed by atoms with Gasteiger partial charge in [-0.3, -0.25) is 5.01 Å². The molecular formula is C20H21ClN3+. The monoisotopic (exact) mass is 338 g/mol. The van der Waals surface area contributed by atoms with E-state index in [1.165, 1.54) is 0 Å². The van der Waals surface area contributed by atoms with E-state index in [1.54, 1.807) is 4.90 Å². The predicted molar refractivity (Wildman–Crippen MR) is 102 cm³/mol. The van der Waals surface area contributed by atoms with E-state index in [1.807, 2.05) is 18.3 Å². The van der Waals surface area contributed by atoms with E-state index >= 15 is 0 Å². The summed E-state index contributed by atoms with van der Waals surface area (Å²) < 4.78 is 0. The van der Waals surface area contributed by atoms with Crippen molar-refractivity contribution < 1.29 is 4.90 Å². The van der Waals surface area contributed by atoms with Gasteiger partial charge in [0.15, 0.2) is 0 Å². The molecule has 0 amide bonds. The molecule has 1 N–H and O–H groups in total. The zero-order valence-electron chi connectivity index (χ0n) is 13.8. The van der Waals surface area contributed by atoms with Crippen molar-refractivity contribution in [3.8, 4) is 0 Å². The molecule has 1 fully saturated rings. The molecule has 1 saturated heterocycles. The van der Waals surface area contributed by atoms with Gasteiger partial charge in [-0.2, -0.15) is 5.10 Å². The Balaban J connectivity index is 1.85. The molecule has 1 aliphatic rings. The van der Waals surface area contributed by atoms with Gasteiger partial charge in [-0.1, -0.05) is 60.1 Å². The molecule has 24 heavy (non-hydrogen) atoms. The zero-order chi connectivity index (χ0) is 16.5. The summed E-state index contributed by atoms with van der Waals surface area (Å²) in [6.45, 7) is 4.29. The van der Waals surface area contributed by atoms with Crippen molar-refractivity contribution in [3.05, 3.63) is 59.1 Å². The molecular weight excluding hydrogens is 318 g/mol. The third kappa shape index (κ3) is 2.74. The average molecular weight is 339 g/mol. The molecule has 1 aliphatic heterocycles. The summed E-state index contributed by atoms with van der Waals surface area (Å²) in [7, 11) is 2.24. The van der Waals surface area contributed by atoms with Gasteiger partial charge < -0.3 is 4.90 Å². The van der Waals surface area contributed by atoms with E-state index in [4.69, 9.17) is 16.7 Å². The zero-order valence-corrected chi connectivity index (χ0v) is 14.6. The highest BCUT2D eigenvalue weighted by molar-refractivity contribution is 6.42. The fourth-order valence-corrected chi connectivity index (χ4v) is 3.71. The molecule has 0 radical (unpaired) electrons. The Morgan fingerprint density at radius 1 is 0.917 bits per heavy atom. The number of nitrogens with one attached hydrogen (secondary N) is 1. The van der Waals surface area contributed by atoms with Gasteiger partial charge in [0, 0.05) is 16.3 Å². The summed E-state index contributed by atoms with van der Waals surface area (Å²) in [6.07, 6.45) is 2.02. The second-order valence-electron chi connectivity index (χ2n) is 6.47. The Morgan fingerprint density at radius 2 is 1.42 bits per heavy atom. The second kappa shape index (κ2) is 6.42. The second-order valence-corrected chi connectivity index (χ2v) is 6.85. The van der Waals surface area contributed by atoms with E-state index in [2.05, 4.69) is 48.5 Å². The molecule has 122 valence electrons. The van der Waals surface area contributed by atoms with E-state index < -0.39 is 0 Å². The number of nitrogens with zero attached hydrogens (tertiary/aromatic N) is 2. The average Bonchev–Trinajstić information content (AvgIpc) is 2.63. The number of halogens is 1. The van der Waals surface area contributed by atoms with Gasteiger partial charge in [0.05, 0.1) is 44.5 Å². The quantitative estimate of drug-likeness (QED) is 0.562. The van der Waals surface area contributed by atoms with Crippen molar-refractivity contribution in [2.24, 2.45) is 5.10 Å². The maximum atomic E-state index is 6.65. The first-order valence-electron chi connectivity index (χ1n) is 8.43. The van der Waals surface area contributed by atoms with Crippen LogP contribution in [0, 0.1) is 0 Å². The van der Waals surface area contributed by atoms with Crippen LogP contribution in [0.2, 0.25) is 5.02 Å². The number of hydrazone groups is 1. The number of hydrogen-bond acceptors (Lipinski definition) is 2. The fraction of sp³-hybridized carbons (Fsp3) is 0.250. The van der Waals surface area contributed by atoms with Gasteiger partial charge in [-0.05, 0) is 10.8 Å². The number of hydrogen-bond donors (Lipinski definition) is 1. The van der Waals surface area contributed by atoms with Crippen LogP contribution in [0.3, 0.4) is 0 Å². The first-order valence-corrected chi connectivity index (χ1v) is 8.81. The van der Waals surface area contributed by atoms with Gasteiger partial charge in [0.25, 0.3) is 0 Å².